The average molecular weight is 356 g/mol. The van der Waals surface area contributed by atoms with E-state index >= 15 is 0 Å². The minimum Gasteiger partial charge on any atom is -0.378 e. The van der Waals surface area contributed by atoms with Crippen molar-refractivity contribution in [3.63, 3.8) is 0 Å². The molecule has 2 amide bonds. The third-order valence-electron chi connectivity index (χ3n) is 5.08. The number of halogens is 3. The van der Waals surface area contributed by atoms with Gasteiger partial charge in [-0.05, 0) is 31.2 Å². The second-order valence-electron chi connectivity index (χ2n) is 6.80. The summed E-state index contributed by atoms with van der Waals surface area (Å²) in [5.41, 5.74) is 0.534. The zero-order chi connectivity index (χ0) is 17.9. The lowest BCUT2D eigenvalue weighted by molar-refractivity contribution is -0.152. The van der Waals surface area contributed by atoms with Crippen LogP contribution in [0.4, 0.5) is 18.0 Å². The summed E-state index contributed by atoms with van der Waals surface area (Å²) in [5, 5.41) is 4.87. The first-order chi connectivity index (χ1) is 11.9. The number of amides is 2. The van der Waals surface area contributed by atoms with Gasteiger partial charge in [-0.3, -0.25) is 0 Å². The highest BCUT2D eigenvalue weighted by molar-refractivity contribution is 5.74. The first-order valence-corrected chi connectivity index (χ1v) is 8.73. The Bertz CT molecular complexity index is 579. The van der Waals surface area contributed by atoms with Crippen LogP contribution >= 0.6 is 0 Å². The van der Waals surface area contributed by atoms with Crippen molar-refractivity contribution in [3.8, 4) is 0 Å². The van der Waals surface area contributed by atoms with E-state index in [0.717, 1.165) is 25.7 Å². The van der Waals surface area contributed by atoms with E-state index < -0.39 is 18.2 Å². The van der Waals surface area contributed by atoms with Gasteiger partial charge in [-0.2, -0.15) is 13.2 Å². The maximum atomic E-state index is 13.3. The Morgan fingerprint density at radius 2 is 1.96 bits per heavy atom. The lowest BCUT2D eigenvalue weighted by Crippen LogP contribution is -2.55. The van der Waals surface area contributed by atoms with Crippen LogP contribution < -0.4 is 10.6 Å². The van der Waals surface area contributed by atoms with Crippen LogP contribution in [0.2, 0.25) is 0 Å². The van der Waals surface area contributed by atoms with Gasteiger partial charge in [-0.1, -0.05) is 30.3 Å². The summed E-state index contributed by atoms with van der Waals surface area (Å²) in [6.45, 7) is 0.661. The molecule has 2 N–H and O–H groups in total. The molecule has 3 rings (SSSR count). The molecule has 7 heteroatoms. The third kappa shape index (κ3) is 4.66. The Hall–Kier alpha value is -1.76. The number of carbonyl (C=O) groups excluding carboxylic acids is 1. The fourth-order valence-corrected chi connectivity index (χ4v) is 3.82. The second kappa shape index (κ2) is 7.64. The lowest BCUT2D eigenvalue weighted by Gasteiger charge is -2.33. The molecule has 1 heterocycles. The molecule has 4 nitrogen and oxygen atoms in total. The molecule has 1 aromatic carbocycles. The number of fused-ring (bicyclic) bond motifs is 1. The van der Waals surface area contributed by atoms with Crippen LogP contribution in [0.25, 0.3) is 0 Å². The Labute approximate surface area is 145 Å². The fraction of sp³-hybridized carbons (Fsp3) is 0.611. The van der Waals surface area contributed by atoms with Crippen LogP contribution in [0, 0.1) is 5.92 Å². The van der Waals surface area contributed by atoms with Gasteiger partial charge in [-0.15, -0.1) is 0 Å². The van der Waals surface area contributed by atoms with Crippen molar-refractivity contribution < 1.29 is 22.7 Å². The molecule has 1 aliphatic heterocycles. The molecule has 0 radical (unpaired) electrons. The highest BCUT2D eigenvalue weighted by Crippen LogP contribution is 2.34. The number of alkyl halides is 3. The van der Waals surface area contributed by atoms with Crippen molar-refractivity contribution in [1.29, 1.82) is 0 Å². The number of rotatable bonds is 4. The number of ether oxygens (including phenoxy) is 1. The smallest absolute Gasteiger partial charge is 0.378 e. The van der Waals surface area contributed by atoms with Crippen molar-refractivity contribution in [2.45, 2.75) is 56.5 Å². The molecule has 2 aliphatic rings. The van der Waals surface area contributed by atoms with E-state index in [2.05, 4.69) is 10.6 Å². The maximum absolute atomic E-state index is 13.3. The van der Waals surface area contributed by atoms with Gasteiger partial charge in [0, 0.05) is 25.0 Å². The molecule has 0 aromatic heterocycles. The minimum atomic E-state index is -4.50. The summed E-state index contributed by atoms with van der Waals surface area (Å²) in [4.78, 5) is 12.2. The minimum absolute atomic E-state index is 0.119. The van der Waals surface area contributed by atoms with Gasteiger partial charge < -0.3 is 15.4 Å². The fourth-order valence-electron chi connectivity index (χ4n) is 3.82. The second-order valence-corrected chi connectivity index (χ2v) is 6.80. The Kier molecular flexibility index (Phi) is 5.51. The zero-order valence-corrected chi connectivity index (χ0v) is 13.9. The number of hydrogen-bond acceptors (Lipinski definition) is 2. The van der Waals surface area contributed by atoms with Crippen LogP contribution in [0.15, 0.2) is 30.3 Å². The molecule has 25 heavy (non-hydrogen) atoms. The monoisotopic (exact) mass is 356 g/mol. The molecule has 1 aliphatic carbocycles. The number of hydrogen-bond donors (Lipinski definition) is 2. The molecule has 2 fully saturated rings. The summed E-state index contributed by atoms with van der Waals surface area (Å²) in [6.07, 6.45) is -1.14. The summed E-state index contributed by atoms with van der Waals surface area (Å²) in [7, 11) is 0. The Morgan fingerprint density at radius 1 is 1.20 bits per heavy atom. The molecule has 0 bridgehead atoms. The van der Waals surface area contributed by atoms with E-state index in [-0.39, 0.29) is 24.5 Å². The van der Waals surface area contributed by atoms with E-state index in [1.165, 1.54) is 0 Å². The molecule has 1 saturated carbocycles. The summed E-state index contributed by atoms with van der Waals surface area (Å²) in [5.74, 6) is 0.206. The molecule has 0 spiro atoms. The summed E-state index contributed by atoms with van der Waals surface area (Å²) < 4.78 is 45.5. The third-order valence-corrected chi connectivity index (χ3v) is 5.08. The van der Waals surface area contributed by atoms with Crippen LogP contribution in [0.1, 0.15) is 31.2 Å². The van der Waals surface area contributed by atoms with Gasteiger partial charge in [0.1, 0.15) is 6.04 Å². The lowest BCUT2D eigenvalue weighted by atomic mass is 9.82. The highest BCUT2D eigenvalue weighted by atomic mass is 19.4. The Morgan fingerprint density at radius 3 is 2.68 bits per heavy atom. The number of urea groups is 1. The number of benzene rings is 1. The van der Waals surface area contributed by atoms with Gasteiger partial charge in [0.15, 0.2) is 0 Å². The normalized spacial score (nSPS) is 27.4. The molecule has 138 valence electrons. The van der Waals surface area contributed by atoms with Crippen LogP contribution in [0.3, 0.4) is 0 Å². The van der Waals surface area contributed by atoms with Gasteiger partial charge in [0.05, 0.1) is 6.10 Å². The summed E-state index contributed by atoms with van der Waals surface area (Å²) >= 11 is 0. The topological polar surface area (TPSA) is 50.4 Å². The van der Waals surface area contributed by atoms with Crippen LogP contribution in [-0.2, 0) is 11.2 Å². The molecule has 0 unspecified atom stereocenters. The van der Waals surface area contributed by atoms with E-state index in [4.69, 9.17) is 4.74 Å². The van der Waals surface area contributed by atoms with E-state index in [1.807, 2.05) is 0 Å². The zero-order valence-electron chi connectivity index (χ0n) is 13.9. The molecule has 1 saturated heterocycles. The molecular weight excluding hydrogens is 333 g/mol. The maximum Gasteiger partial charge on any atom is 0.408 e. The SMILES string of the molecule is O=C(N[C@@H]1CCC[C@@H]2OCC[C@@H]21)N[C@H](Cc1ccccc1)C(F)(F)F. The largest absolute Gasteiger partial charge is 0.408 e. The first-order valence-electron chi connectivity index (χ1n) is 8.73. The average Bonchev–Trinajstić information content (AvgIpc) is 3.04. The Balaban J connectivity index is 1.60. The van der Waals surface area contributed by atoms with Crippen molar-refractivity contribution in [1.82, 2.24) is 10.6 Å². The van der Waals surface area contributed by atoms with E-state index in [1.54, 1.807) is 30.3 Å². The van der Waals surface area contributed by atoms with E-state index in [9.17, 15) is 18.0 Å². The molecule has 4 atom stereocenters. The first kappa shape index (κ1) is 18.0. The van der Waals surface area contributed by atoms with Crippen molar-refractivity contribution in [2.75, 3.05) is 6.61 Å². The van der Waals surface area contributed by atoms with Crippen LogP contribution in [-0.4, -0.2) is 37.0 Å². The van der Waals surface area contributed by atoms with Gasteiger partial charge in [-0.25, -0.2) is 4.79 Å². The predicted molar refractivity (Wildman–Crippen MR) is 87.1 cm³/mol. The van der Waals surface area contributed by atoms with Gasteiger partial charge in [0.25, 0.3) is 0 Å². The summed E-state index contributed by atoms with van der Waals surface area (Å²) in [6, 6.07) is 5.59. The standard InChI is InChI=1S/C18H23F3N2O2/c19-18(20,21)16(11-12-5-2-1-3-6-12)23-17(24)22-14-7-4-8-15-13(14)9-10-25-15/h1-3,5-6,13-16H,4,7-11H2,(H2,22,23,24)/t13-,14-,15+,16-/m1/s1. The van der Waals surface area contributed by atoms with Crippen molar-refractivity contribution >= 4 is 6.03 Å². The van der Waals surface area contributed by atoms with Gasteiger partial charge >= 0.3 is 12.2 Å². The van der Waals surface area contributed by atoms with Crippen LogP contribution in [0.5, 0.6) is 0 Å². The van der Waals surface area contributed by atoms with Crippen molar-refractivity contribution in [2.24, 2.45) is 5.92 Å². The van der Waals surface area contributed by atoms with E-state index in [0.29, 0.717) is 12.2 Å². The molecule has 1 aromatic rings. The number of carbonyl (C=O) groups is 1. The predicted octanol–water partition coefficient (Wildman–Crippen LogP) is 3.42. The van der Waals surface area contributed by atoms with Gasteiger partial charge in [0.2, 0.25) is 0 Å². The van der Waals surface area contributed by atoms with Crippen molar-refractivity contribution in [3.05, 3.63) is 35.9 Å². The molecular formula is C18H23F3N2O2. The highest BCUT2D eigenvalue weighted by Gasteiger charge is 2.42. The number of nitrogens with one attached hydrogen (secondary N) is 2. The quantitative estimate of drug-likeness (QED) is 0.869.